The van der Waals surface area contributed by atoms with Crippen LogP contribution in [0.4, 0.5) is 5.69 Å². The second-order valence-electron chi connectivity index (χ2n) is 9.40. The molecule has 0 aliphatic carbocycles. The van der Waals surface area contributed by atoms with Crippen molar-refractivity contribution in [2.24, 2.45) is 5.10 Å². The number of rotatable bonds is 11. The predicted molar refractivity (Wildman–Crippen MR) is 152 cm³/mol. The number of hydrogen-bond donors (Lipinski definition) is 1. The number of carbonyl (C=O) groups excluding carboxylic acids is 2. The lowest BCUT2D eigenvalue weighted by molar-refractivity contribution is -0.157. The van der Waals surface area contributed by atoms with Crippen molar-refractivity contribution >= 4 is 45.4 Å². The SMILES string of the molecule is COc1ccc(S(=O)(=O)N(CC(=O)N/N=C\c2ccc(OCC(=O)OC(C)(C)C)cc2)c2ccc(Cl)cc2)cc1. The lowest BCUT2D eigenvalue weighted by Gasteiger charge is -2.23. The summed E-state index contributed by atoms with van der Waals surface area (Å²) in [6.07, 6.45) is 1.39. The Labute approximate surface area is 238 Å². The van der Waals surface area contributed by atoms with Crippen molar-refractivity contribution in [2.75, 3.05) is 24.6 Å². The summed E-state index contributed by atoms with van der Waals surface area (Å²) in [6.45, 7) is 4.54. The number of hydrogen-bond acceptors (Lipinski definition) is 8. The van der Waals surface area contributed by atoms with Gasteiger partial charge < -0.3 is 14.2 Å². The highest BCUT2D eigenvalue weighted by Crippen LogP contribution is 2.26. The van der Waals surface area contributed by atoms with E-state index in [1.807, 2.05) is 0 Å². The molecule has 1 amide bonds. The van der Waals surface area contributed by atoms with Crippen LogP contribution in [0.2, 0.25) is 5.02 Å². The molecule has 0 heterocycles. The van der Waals surface area contributed by atoms with E-state index in [1.54, 1.807) is 45.0 Å². The van der Waals surface area contributed by atoms with Crippen molar-refractivity contribution in [3.05, 3.63) is 83.4 Å². The van der Waals surface area contributed by atoms with E-state index in [9.17, 15) is 18.0 Å². The van der Waals surface area contributed by atoms with Crippen molar-refractivity contribution < 1.29 is 32.2 Å². The molecule has 3 aromatic carbocycles. The summed E-state index contributed by atoms with van der Waals surface area (Å²) in [5, 5.41) is 4.34. The van der Waals surface area contributed by atoms with Crippen LogP contribution in [0, 0.1) is 0 Å². The second kappa shape index (κ2) is 13.3. The first-order valence-corrected chi connectivity index (χ1v) is 13.9. The number of hydrazone groups is 1. The minimum atomic E-state index is -4.12. The number of esters is 1. The van der Waals surface area contributed by atoms with E-state index in [-0.39, 0.29) is 17.2 Å². The zero-order chi connectivity index (χ0) is 29.3. The molecule has 0 spiro atoms. The van der Waals surface area contributed by atoms with E-state index in [1.165, 1.54) is 61.9 Å². The number of carbonyl (C=O) groups is 2. The largest absolute Gasteiger partial charge is 0.497 e. The van der Waals surface area contributed by atoms with Gasteiger partial charge in [-0.25, -0.2) is 18.6 Å². The fraction of sp³-hybridized carbons (Fsp3) is 0.250. The summed E-state index contributed by atoms with van der Waals surface area (Å²) in [4.78, 5) is 24.5. The molecule has 0 atom stereocenters. The van der Waals surface area contributed by atoms with Gasteiger partial charge >= 0.3 is 5.97 Å². The van der Waals surface area contributed by atoms with Crippen LogP contribution in [0.5, 0.6) is 11.5 Å². The van der Waals surface area contributed by atoms with Gasteiger partial charge in [-0.1, -0.05) is 11.6 Å². The Hall–Kier alpha value is -4.09. The summed E-state index contributed by atoms with van der Waals surface area (Å²) >= 11 is 5.97. The lowest BCUT2D eigenvalue weighted by atomic mass is 10.2. The molecule has 0 radical (unpaired) electrons. The average Bonchev–Trinajstić information content (AvgIpc) is 2.91. The molecule has 3 rings (SSSR count). The fourth-order valence-electron chi connectivity index (χ4n) is 3.31. The molecule has 0 fully saturated rings. The zero-order valence-electron chi connectivity index (χ0n) is 22.5. The summed E-state index contributed by atoms with van der Waals surface area (Å²) in [6, 6.07) is 18.5. The van der Waals surface area contributed by atoms with E-state index in [0.29, 0.717) is 22.1 Å². The van der Waals surface area contributed by atoms with Crippen LogP contribution < -0.4 is 19.2 Å². The van der Waals surface area contributed by atoms with Gasteiger partial charge in [0.1, 0.15) is 23.6 Å². The Morgan fingerprint density at radius 3 is 2.12 bits per heavy atom. The number of anilines is 1. The summed E-state index contributed by atoms with van der Waals surface area (Å²) in [7, 11) is -2.64. The maximum atomic E-state index is 13.4. The van der Waals surface area contributed by atoms with Crippen molar-refractivity contribution in [3.8, 4) is 11.5 Å². The van der Waals surface area contributed by atoms with Gasteiger partial charge in [0, 0.05) is 5.02 Å². The lowest BCUT2D eigenvalue weighted by Crippen LogP contribution is -2.39. The maximum absolute atomic E-state index is 13.4. The van der Waals surface area contributed by atoms with Gasteiger partial charge in [0.15, 0.2) is 6.61 Å². The number of nitrogens with zero attached hydrogens (tertiary/aromatic N) is 2. The smallest absolute Gasteiger partial charge is 0.344 e. The summed E-state index contributed by atoms with van der Waals surface area (Å²) < 4.78 is 43.6. The highest BCUT2D eigenvalue weighted by molar-refractivity contribution is 7.92. The van der Waals surface area contributed by atoms with Gasteiger partial charge in [0.05, 0.1) is 23.9 Å². The third-order valence-electron chi connectivity index (χ3n) is 5.11. The minimum Gasteiger partial charge on any atom is -0.497 e. The average molecular weight is 588 g/mol. The Morgan fingerprint density at radius 1 is 0.950 bits per heavy atom. The maximum Gasteiger partial charge on any atom is 0.344 e. The molecule has 1 N–H and O–H groups in total. The van der Waals surface area contributed by atoms with Gasteiger partial charge in [-0.3, -0.25) is 9.10 Å². The van der Waals surface area contributed by atoms with Crippen LogP contribution in [0.25, 0.3) is 0 Å². The van der Waals surface area contributed by atoms with Gasteiger partial charge in [-0.15, -0.1) is 0 Å². The molecule has 0 unspecified atom stereocenters. The second-order valence-corrected chi connectivity index (χ2v) is 11.7. The van der Waals surface area contributed by atoms with Crippen LogP contribution >= 0.6 is 11.6 Å². The number of methoxy groups -OCH3 is 1. The normalized spacial score (nSPS) is 11.6. The molecular weight excluding hydrogens is 558 g/mol. The van der Waals surface area contributed by atoms with Gasteiger partial charge in [-0.05, 0) is 99.1 Å². The van der Waals surface area contributed by atoms with E-state index < -0.39 is 34.0 Å². The third-order valence-corrected chi connectivity index (χ3v) is 7.15. The standard InChI is InChI=1S/C28H30ClN3O7S/c1-28(2,3)39-27(34)19-38-24-11-5-20(6-12-24)17-30-31-26(33)18-32(22-9-7-21(29)8-10-22)40(35,36)25-15-13-23(37-4)14-16-25/h5-17H,18-19H2,1-4H3,(H,31,33)/b30-17-. The topological polar surface area (TPSA) is 124 Å². The molecule has 0 bridgehead atoms. The first kappa shape index (κ1) is 30.5. The minimum absolute atomic E-state index is 0.0199. The number of benzene rings is 3. The molecule has 0 saturated heterocycles. The Morgan fingerprint density at radius 2 is 1.55 bits per heavy atom. The molecular formula is C28H30ClN3O7S. The first-order chi connectivity index (χ1) is 18.9. The summed E-state index contributed by atoms with van der Waals surface area (Å²) in [5.74, 6) is -0.204. The molecule has 0 aliphatic heterocycles. The van der Waals surface area contributed by atoms with E-state index in [0.717, 1.165) is 4.31 Å². The zero-order valence-corrected chi connectivity index (χ0v) is 24.0. The number of sulfonamides is 1. The van der Waals surface area contributed by atoms with E-state index >= 15 is 0 Å². The third kappa shape index (κ3) is 8.99. The molecule has 10 nitrogen and oxygen atoms in total. The number of nitrogens with one attached hydrogen (secondary N) is 1. The quantitative estimate of drug-likeness (QED) is 0.200. The highest BCUT2D eigenvalue weighted by Gasteiger charge is 2.27. The van der Waals surface area contributed by atoms with Gasteiger partial charge in [0.2, 0.25) is 0 Å². The van der Waals surface area contributed by atoms with Crippen LogP contribution in [-0.2, 0) is 24.3 Å². The van der Waals surface area contributed by atoms with E-state index in [2.05, 4.69) is 10.5 Å². The van der Waals surface area contributed by atoms with Gasteiger partial charge in [0.25, 0.3) is 15.9 Å². The molecule has 3 aromatic rings. The Kier molecular flexibility index (Phi) is 10.1. The van der Waals surface area contributed by atoms with Crippen LogP contribution in [0.1, 0.15) is 26.3 Å². The van der Waals surface area contributed by atoms with Crippen molar-refractivity contribution in [3.63, 3.8) is 0 Å². The number of ether oxygens (including phenoxy) is 3. The Balaban J connectivity index is 1.65. The number of amides is 1. The van der Waals surface area contributed by atoms with Crippen LogP contribution in [0.15, 0.2) is 82.8 Å². The molecule has 0 aromatic heterocycles. The molecule has 0 saturated carbocycles. The van der Waals surface area contributed by atoms with E-state index in [4.69, 9.17) is 25.8 Å². The fourth-order valence-corrected chi connectivity index (χ4v) is 4.85. The van der Waals surface area contributed by atoms with Crippen molar-refractivity contribution in [1.29, 1.82) is 0 Å². The first-order valence-electron chi connectivity index (χ1n) is 12.1. The number of halogens is 1. The summed E-state index contributed by atoms with van der Waals surface area (Å²) in [5.41, 5.74) is 2.63. The predicted octanol–water partition coefficient (Wildman–Crippen LogP) is 4.41. The van der Waals surface area contributed by atoms with Gasteiger partial charge in [-0.2, -0.15) is 5.10 Å². The van der Waals surface area contributed by atoms with Crippen molar-refractivity contribution in [2.45, 2.75) is 31.3 Å². The monoisotopic (exact) mass is 587 g/mol. The van der Waals surface area contributed by atoms with Crippen LogP contribution in [0.3, 0.4) is 0 Å². The Bertz CT molecular complexity index is 1440. The molecule has 212 valence electrons. The van der Waals surface area contributed by atoms with Crippen molar-refractivity contribution in [1.82, 2.24) is 5.43 Å². The van der Waals surface area contributed by atoms with Crippen LogP contribution in [-0.4, -0.2) is 52.4 Å². The molecule has 0 aliphatic rings. The molecule has 40 heavy (non-hydrogen) atoms. The highest BCUT2D eigenvalue weighted by atomic mass is 35.5. The molecule has 12 heteroatoms.